The molecule has 0 bridgehead atoms. The van der Waals surface area contributed by atoms with Gasteiger partial charge in [-0.25, -0.2) is 9.78 Å². The largest absolute Gasteiger partial charge is 0.476 e. The van der Waals surface area contributed by atoms with E-state index in [1.807, 2.05) is 6.07 Å². The number of carbonyl (C=O) groups is 1. The van der Waals surface area contributed by atoms with Crippen LogP contribution in [0.1, 0.15) is 21.7 Å². The summed E-state index contributed by atoms with van der Waals surface area (Å²) in [7, 11) is 0. The van der Waals surface area contributed by atoms with Crippen LogP contribution in [-0.2, 0) is 6.54 Å². The second-order valence-electron chi connectivity index (χ2n) is 4.87. The van der Waals surface area contributed by atoms with E-state index in [0.29, 0.717) is 27.6 Å². The van der Waals surface area contributed by atoms with Gasteiger partial charge in [-0.1, -0.05) is 29.3 Å². The number of carboxylic acid groups (broad SMARTS) is 1. The van der Waals surface area contributed by atoms with Gasteiger partial charge in [0.25, 0.3) is 0 Å². The molecule has 112 valence electrons. The lowest BCUT2D eigenvalue weighted by atomic mass is 10.2. The van der Waals surface area contributed by atoms with E-state index in [-0.39, 0.29) is 5.69 Å². The Balaban J connectivity index is 2.13. The Bertz CT molecular complexity index is 890. The van der Waals surface area contributed by atoms with Crippen LogP contribution in [0.4, 0.5) is 0 Å². The lowest BCUT2D eigenvalue weighted by Crippen LogP contribution is -2.05. The van der Waals surface area contributed by atoms with Crippen molar-refractivity contribution in [2.75, 3.05) is 0 Å². The zero-order valence-electron chi connectivity index (χ0n) is 11.5. The van der Waals surface area contributed by atoms with E-state index in [4.69, 9.17) is 23.2 Å². The van der Waals surface area contributed by atoms with Crippen LogP contribution in [0, 0.1) is 6.92 Å². The molecule has 0 aliphatic rings. The summed E-state index contributed by atoms with van der Waals surface area (Å²) in [6.45, 7) is 2.14. The van der Waals surface area contributed by atoms with E-state index in [9.17, 15) is 9.90 Å². The minimum Gasteiger partial charge on any atom is -0.476 e. The summed E-state index contributed by atoms with van der Waals surface area (Å²) in [6.07, 6.45) is 0. The number of fused-ring (bicyclic) bond motifs is 1. The number of halogens is 2. The van der Waals surface area contributed by atoms with Crippen molar-refractivity contribution in [2.45, 2.75) is 13.5 Å². The van der Waals surface area contributed by atoms with Crippen molar-refractivity contribution in [3.05, 3.63) is 57.3 Å². The lowest BCUT2D eigenvalue weighted by Gasteiger charge is -2.06. The minimum absolute atomic E-state index is 0.0659. The number of aryl methyl sites for hydroxylation is 1. The van der Waals surface area contributed by atoms with Crippen LogP contribution in [0.25, 0.3) is 11.0 Å². The third kappa shape index (κ3) is 2.65. The SMILES string of the molecule is Cc1ccc2c(n1)c(C(=O)O)nn2Cc1ccc(Cl)cc1Cl. The van der Waals surface area contributed by atoms with Crippen LogP contribution in [0.3, 0.4) is 0 Å². The highest BCUT2D eigenvalue weighted by atomic mass is 35.5. The predicted octanol–water partition coefficient (Wildman–Crippen LogP) is 3.79. The maximum Gasteiger partial charge on any atom is 0.358 e. The third-order valence-electron chi connectivity index (χ3n) is 3.27. The van der Waals surface area contributed by atoms with Crippen LogP contribution in [0.5, 0.6) is 0 Å². The van der Waals surface area contributed by atoms with E-state index in [2.05, 4.69) is 10.1 Å². The van der Waals surface area contributed by atoms with Gasteiger partial charge in [-0.2, -0.15) is 5.10 Å². The lowest BCUT2D eigenvalue weighted by molar-refractivity contribution is 0.0691. The molecule has 3 rings (SSSR count). The number of benzene rings is 1. The van der Waals surface area contributed by atoms with Crippen molar-refractivity contribution >= 4 is 40.2 Å². The highest BCUT2D eigenvalue weighted by molar-refractivity contribution is 6.35. The average Bonchev–Trinajstić information content (AvgIpc) is 2.80. The average molecular weight is 336 g/mol. The standard InChI is InChI=1S/C15H11Cl2N3O2/c1-8-2-5-12-13(18-8)14(15(21)22)19-20(12)7-9-3-4-10(16)6-11(9)17/h2-6H,7H2,1H3,(H,21,22). The fourth-order valence-electron chi connectivity index (χ4n) is 2.23. The maximum atomic E-state index is 11.3. The third-order valence-corrected chi connectivity index (χ3v) is 3.86. The number of nitrogens with zero attached hydrogens (tertiary/aromatic N) is 3. The molecule has 2 heterocycles. The van der Waals surface area contributed by atoms with Crippen molar-refractivity contribution in [3.8, 4) is 0 Å². The molecular formula is C15H11Cl2N3O2. The molecule has 22 heavy (non-hydrogen) atoms. The first-order valence-corrected chi connectivity index (χ1v) is 7.22. The van der Waals surface area contributed by atoms with Crippen molar-refractivity contribution in [3.63, 3.8) is 0 Å². The molecule has 0 atom stereocenters. The van der Waals surface area contributed by atoms with Gasteiger partial charge in [0.2, 0.25) is 0 Å². The summed E-state index contributed by atoms with van der Waals surface area (Å²) in [6, 6.07) is 8.79. The number of aromatic nitrogens is 3. The molecule has 1 aromatic carbocycles. The molecule has 0 spiro atoms. The predicted molar refractivity (Wildman–Crippen MR) is 84.8 cm³/mol. The second-order valence-corrected chi connectivity index (χ2v) is 5.71. The molecule has 0 radical (unpaired) electrons. The molecule has 2 aromatic heterocycles. The van der Waals surface area contributed by atoms with Gasteiger partial charge in [0, 0.05) is 15.7 Å². The highest BCUT2D eigenvalue weighted by Gasteiger charge is 2.18. The van der Waals surface area contributed by atoms with E-state index in [1.165, 1.54) is 0 Å². The van der Waals surface area contributed by atoms with Gasteiger partial charge < -0.3 is 5.11 Å². The van der Waals surface area contributed by atoms with Gasteiger partial charge in [0.1, 0.15) is 5.52 Å². The van der Waals surface area contributed by atoms with Crippen molar-refractivity contribution in [1.29, 1.82) is 0 Å². The summed E-state index contributed by atoms with van der Waals surface area (Å²) in [4.78, 5) is 15.6. The molecule has 0 saturated carbocycles. The van der Waals surface area contributed by atoms with Crippen LogP contribution >= 0.6 is 23.2 Å². The maximum absolute atomic E-state index is 11.3. The Morgan fingerprint density at radius 2 is 2.05 bits per heavy atom. The molecular weight excluding hydrogens is 325 g/mol. The number of pyridine rings is 1. The van der Waals surface area contributed by atoms with Crippen LogP contribution < -0.4 is 0 Å². The summed E-state index contributed by atoms with van der Waals surface area (Å²) >= 11 is 12.1. The fourth-order valence-corrected chi connectivity index (χ4v) is 2.70. The summed E-state index contributed by atoms with van der Waals surface area (Å²) in [5.41, 5.74) is 2.49. The van der Waals surface area contributed by atoms with Gasteiger partial charge in [-0.05, 0) is 36.8 Å². The molecule has 5 nitrogen and oxygen atoms in total. The van der Waals surface area contributed by atoms with Gasteiger partial charge in [-0.3, -0.25) is 4.68 Å². The molecule has 0 fully saturated rings. The van der Waals surface area contributed by atoms with Crippen molar-refractivity contribution < 1.29 is 9.90 Å². The van der Waals surface area contributed by atoms with Crippen LogP contribution in [0.15, 0.2) is 30.3 Å². The van der Waals surface area contributed by atoms with Gasteiger partial charge >= 0.3 is 5.97 Å². The summed E-state index contributed by atoms with van der Waals surface area (Å²) in [5.74, 6) is -1.11. The second kappa shape index (κ2) is 5.59. The zero-order chi connectivity index (χ0) is 15.9. The molecule has 0 unspecified atom stereocenters. The first-order chi connectivity index (χ1) is 10.5. The Morgan fingerprint density at radius 1 is 1.27 bits per heavy atom. The number of carboxylic acids is 1. The van der Waals surface area contributed by atoms with E-state index < -0.39 is 5.97 Å². The first kappa shape index (κ1) is 14.8. The van der Waals surface area contributed by atoms with Crippen molar-refractivity contribution in [2.24, 2.45) is 0 Å². The summed E-state index contributed by atoms with van der Waals surface area (Å²) in [5, 5.41) is 14.5. The smallest absolute Gasteiger partial charge is 0.358 e. The topological polar surface area (TPSA) is 68.0 Å². The quantitative estimate of drug-likeness (QED) is 0.790. The van der Waals surface area contributed by atoms with Gasteiger partial charge in [0.05, 0.1) is 12.1 Å². The number of hydrogen-bond acceptors (Lipinski definition) is 3. The Hall–Kier alpha value is -2.11. The van der Waals surface area contributed by atoms with Gasteiger partial charge in [-0.15, -0.1) is 0 Å². The Kier molecular flexibility index (Phi) is 3.76. The number of rotatable bonds is 3. The van der Waals surface area contributed by atoms with E-state index in [0.717, 1.165) is 11.3 Å². The van der Waals surface area contributed by atoms with Crippen LogP contribution in [-0.4, -0.2) is 25.8 Å². The molecule has 0 amide bonds. The number of hydrogen-bond donors (Lipinski definition) is 1. The molecule has 0 aliphatic carbocycles. The molecule has 1 N–H and O–H groups in total. The van der Waals surface area contributed by atoms with Crippen molar-refractivity contribution in [1.82, 2.24) is 14.8 Å². The highest BCUT2D eigenvalue weighted by Crippen LogP contribution is 2.24. The van der Waals surface area contributed by atoms with Crippen LogP contribution in [0.2, 0.25) is 10.0 Å². The Labute approximate surface area is 136 Å². The minimum atomic E-state index is -1.11. The molecule has 0 saturated heterocycles. The normalized spacial score (nSPS) is 11.0. The fraction of sp³-hybridized carbons (Fsp3) is 0.133. The van der Waals surface area contributed by atoms with E-state index in [1.54, 1.807) is 35.9 Å². The molecule has 7 heteroatoms. The molecule has 3 aromatic rings. The molecule has 0 aliphatic heterocycles. The Morgan fingerprint density at radius 3 is 2.73 bits per heavy atom. The number of aromatic carboxylic acids is 1. The first-order valence-electron chi connectivity index (χ1n) is 6.47. The van der Waals surface area contributed by atoms with E-state index >= 15 is 0 Å². The zero-order valence-corrected chi connectivity index (χ0v) is 13.1. The van der Waals surface area contributed by atoms with Gasteiger partial charge in [0.15, 0.2) is 5.69 Å². The summed E-state index contributed by atoms with van der Waals surface area (Å²) < 4.78 is 1.58. The monoisotopic (exact) mass is 335 g/mol.